The van der Waals surface area contributed by atoms with E-state index in [4.69, 9.17) is 4.74 Å². The second-order valence-corrected chi connectivity index (χ2v) is 7.79. The minimum Gasteiger partial charge on any atom is -0.501 e. The normalized spacial score (nSPS) is 12.9. The van der Waals surface area contributed by atoms with Crippen LogP contribution in [0, 0.1) is 0 Å². The summed E-state index contributed by atoms with van der Waals surface area (Å²) in [6.45, 7) is 3.35. The van der Waals surface area contributed by atoms with Gasteiger partial charge in [0.05, 0.1) is 17.3 Å². The Hall–Kier alpha value is -5.16. The molecule has 36 heavy (non-hydrogen) atoms. The maximum Gasteiger partial charge on any atom is 0.336 e. The monoisotopic (exact) mass is 480 g/mol. The van der Waals surface area contributed by atoms with Crippen molar-refractivity contribution in [2.45, 2.75) is 12.5 Å². The molecule has 3 aromatic rings. The molecule has 8 heteroatoms. The van der Waals surface area contributed by atoms with Gasteiger partial charge >= 0.3 is 11.9 Å². The molecule has 4 rings (SSSR count). The van der Waals surface area contributed by atoms with E-state index >= 15 is 0 Å². The lowest BCUT2D eigenvalue weighted by atomic mass is 10.00. The number of pyridine rings is 1. The van der Waals surface area contributed by atoms with E-state index < -0.39 is 23.9 Å². The Morgan fingerprint density at radius 1 is 1.06 bits per heavy atom. The van der Waals surface area contributed by atoms with Gasteiger partial charge in [0.25, 0.3) is 5.91 Å². The van der Waals surface area contributed by atoms with E-state index in [0.717, 1.165) is 17.4 Å². The summed E-state index contributed by atoms with van der Waals surface area (Å²) < 4.78 is 4.85. The summed E-state index contributed by atoms with van der Waals surface area (Å²) in [5.41, 5.74) is 7.40. The molecule has 178 valence electrons. The van der Waals surface area contributed by atoms with Crippen LogP contribution in [0.5, 0.6) is 0 Å². The molecule has 3 N–H and O–H groups in total. The highest BCUT2D eigenvalue weighted by atomic mass is 16.5. The number of esters is 1. The predicted molar refractivity (Wildman–Crippen MR) is 132 cm³/mol. The SMILES string of the molecule is C=COC(=O)[C@H](CC1=C=C=C(O)C=C1)NC(=O)c1cc(C(=O)O)c2cc(-c3ccccc3)ccc2n1. The smallest absolute Gasteiger partial charge is 0.336 e. The number of amides is 1. The number of allylic oxidation sites excluding steroid dienone is 2. The van der Waals surface area contributed by atoms with Crippen LogP contribution in [0.1, 0.15) is 27.3 Å². The van der Waals surface area contributed by atoms with E-state index in [9.17, 15) is 24.6 Å². The molecule has 1 atom stereocenters. The lowest BCUT2D eigenvalue weighted by Gasteiger charge is -2.17. The van der Waals surface area contributed by atoms with Crippen LogP contribution in [0.25, 0.3) is 22.0 Å². The number of hydrogen-bond acceptors (Lipinski definition) is 6. The highest BCUT2D eigenvalue weighted by Crippen LogP contribution is 2.26. The molecule has 1 amide bonds. The van der Waals surface area contributed by atoms with Crippen molar-refractivity contribution in [1.29, 1.82) is 0 Å². The van der Waals surface area contributed by atoms with Crippen LogP contribution < -0.4 is 5.32 Å². The molecule has 1 aliphatic carbocycles. The van der Waals surface area contributed by atoms with Gasteiger partial charge in [-0.25, -0.2) is 14.6 Å². The molecule has 1 aliphatic rings. The number of carbonyl (C=O) groups excluding carboxylic acids is 2. The number of nitrogens with one attached hydrogen (secondary N) is 1. The van der Waals surface area contributed by atoms with Gasteiger partial charge in [-0.05, 0) is 47.2 Å². The minimum absolute atomic E-state index is 0.0189. The third-order valence-electron chi connectivity index (χ3n) is 5.39. The quantitative estimate of drug-likeness (QED) is 0.247. The second-order valence-electron chi connectivity index (χ2n) is 7.79. The van der Waals surface area contributed by atoms with Crippen LogP contribution in [-0.4, -0.2) is 39.1 Å². The van der Waals surface area contributed by atoms with Gasteiger partial charge in [-0.3, -0.25) is 4.79 Å². The summed E-state index contributed by atoms with van der Waals surface area (Å²) in [5.74, 6) is -2.89. The van der Waals surface area contributed by atoms with Crippen LogP contribution in [-0.2, 0) is 9.53 Å². The van der Waals surface area contributed by atoms with Gasteiger partial charge in [-0.1, -0.05) is 48.7 Å². The predicted octanol–water partition coefficient (Wildman–Crippen LogP) is 4.47. The molecular formula is C28H20N2O6. The van der Waals surface area contributed by atoms with E-state index in [1.165, 1.54) is 18.2 Å². The number of aromatic carboxylic acids is 1. The lowest BCUT2D eigenvalue weighted by molar-refractivity contribution is -0.140. The van der Waals surface area contributed by atoms with Crippen molar-refractivity contribution in [3.63, 3.8) is 0 Å². The third kappa shape index (κ3) is 5.32. The summed E-state index contributed by atoms with van der Waals surface area (Å²) in [7, 11) is 0. The Morgan fingerprint density at radius 2 is 1.83 bits per heavy atom. The fourth-order valence-electron chi connectivity index (χ4n) is 3.67. The number of aliphatic hydroxyl groups excluding tert-OH is 1. The van der Waals surface area contributed by atoms with Crippen molar-refractivity contribution in [1.82, 2.24) is 10.3 Å². The van der Waals surface area contributed by atoms with E-state index in [0.29, 0.717) is 16.5 Å². The van der Waals surface area contributed by atoms with E-state index in [1.54, 1.807) is 18.2 Å². The average Bonchev–Trinajstić information content (AvgIpc) is 2.89. The maximum absolute atomic E-state index is 13.1. The van der Waals surface area contributed by atoms with Crippen molar-refractivity contribution in [3.05, 3.63) is 114 Å². The maximum atomic E-state index is 13.1. The molecular weight excluding hydrogens is 460 g/mol. The van der Waals surface area contributed by atoms with Crippen molar-refractivity contribution in [2.75, 3.05) is 0 Å². The van der Waals surface area contributed by atoms with Crippen molar-refractivity contribution >= 4 is 28.7 Å². The first-order valence-electron chi connectivity index (χ1n) is 10.8. The molecule has 0 radical (unpaired) electrons. The third-order valence-corrected chi connectivity index (χ3v) is 5.39. The minimum atomic E-state index is -1.22. The topological polar surface area (TPSA) is 126 Å². The number of aromatic nitrogens is 1. The number of nitrogens with zero attached hydrogens (tertiary/aromatic N) is 1. The summed E-state index contributed by atoms with van der Waals surface area (Å²) in [4.78, 5) is 41.9. The number of fused-ring (bicyclic) bond motifs is 1. The zero-order chi connectivity index (χ0) is 25.7. The highest BCUT2D eigenvalue weighted by molar-refractivity contribution is 6.07. The number of ether oxygens (including phenoxy) is 1. The number of carboxylic acids is 1. The van der Waals surface area contributed by atoms with Crippen LogP contribution >= 0.6 is 0 Å². The molecule has 8 nitrogen and oxygen atoms in total. The number of carbonyl (C=O) groups is 3. The van der Waals surface area contributed by atoms with Crippen LogP contribution in [0.4, 0.5) is 0 Å². The number of carboxylic acid groups (broad SMARTS) is 1. The van der Waals surface area contributed by atoms with Crippen LogP contribution in [0.15, 0.2) is 102 Å². The molecule has 0 unspecified atom stereocenters. The Bertz CT molecular complexity index is 1520. The zero-order valence-corrected chi connectivity index (χ0v) is 18.9. The molecule has 1 heterocycles. The van der Waals surface area contributed by atoms with Gasteiger partial charge in [0.15, 0.2) is 5.76 Å². The Labute approximate surface area is 205 Å². The Morgan fingerprint density at radius 3 is 2.50 bits per heavy atom. The molecule has 2 aromatic carbocycles. The first-order chi connectivity index (χ1) is 17.4. The van der Waals surface area contributed by atoms with Gasteiger partial charge in [0.2, 0.25) is 0 Å². The van der Waals surface area contributed by atoms with Crippen molar-refractivity contribution in [2.24, 2.45) is 0 Å². The summed E-state index contributed by atoms with van der Waals surface area (Å²) in [6, 6.07) is 14.6. The largest absolute Gasteiger partial charge is 0.501 e. The van der Waals surface area contributed by atoms with Gasteiger partial charge in [0.1, 0.15) is 11.7 Å². The number of hydrogen-bond donors (Lipinski definition) is 3. The molecule has 0 fully saturated rings. The fraction of sp³-hybridized carbons (Fsp3) is 0.0714. The van der Waals surface area contributed by atoms with Gasteiger partial charge < -0.3 is 20.3 Å². The number of aliphatic hydroxyl groups is 1. The van der Waals surface area contributed by atoms with E-state index in [-0.39, 0.29) is 23.4 Å². The first kappa shape index (κ1) is 24.0. The second kappa shape index (κ2) is 10.4. The van der Waals surface area contributed by atoms with Gasteiger partial charge in [0, 0.05) is 17.4 Å². The highest BCUT2D eigenvalue weighted by Gasteiger charge is 2.25. The zero-order valence-electron chi connectivity index (χ0n) is 18.9. The standard InChI is InChI=1S/C28H20N2O6/c1-2-36-28(35)25(14-17-8-11-20(31)12-9-17)30-26(32)24-16-22(27(33)34)21-15-19(10-13-23(21)29-24)18-6-4-3-5-7-18/h2-8,10-11,13,15-16,25,31H,1,14H2,(H,30,32)(H,33,34)/t25-/m0/s1. The Kier molecular flexibility index (Phi) is 6.93. The molecule has 1 aromatic heterocycles. The molecule has 0 aliphatic heterocycles. The van der Waals surface area contributed by atoms with Crippen molar-refractivity contribution in [3.8, 4) is 11.1 Å². The summed E-state index contributed by atoms with van der Waals surface area (Å²) >= 11 is 0. The summed E-state index contributed by atoms with van der Waals surface area (Å²) in [6.07, 6.45) is 3.81. The summed E-state index contributed by atoms with van der Waals surface area (Å²) in [5, 5.41) is 22.1. The Balaban J connectivity index is 1.68. The first-order valence-corrected chi connectivity index (χ1v) is 10.8. The van der Waals surface area contributed by atoms with Crippen LogP contribution in [0.3, 0.4) is 0 Å². The average molecular weight is 480 g/mol. The van der Waals surface area contributed by atoms with E-state index in [2.05, 4.69) is 28.3 Å². The lowest BCUT2D eigenvalue weighted by Crippen LogP contribution is -2.42. The van der Waals surface area contributed by atoms with Gasteiger partial charge in [-0.2, -0.15) is 0 Å². The fourth-order valence-corrected chi connectivity index (χ4v) is 3.67. The molecule has 0 saturated heterocycles. The molecule has 0 saturated carbocycles. The van der Waals surface area contributed by atoms with Crippen molar-refractivity contribution < 1.29 is 29.3 Å². The molecule has 0 bridgehead atoms. The number of rotatable bonds is 8. The molecule has 0 spiro atoms. The van der Waals surface area contributed by atoms with Gasteiger partial charge in [-0.15, -0.1) is 0 Å². The van der Waals surface area contributed by atoms with Crippen LogP contribution in [0.2, 0.25) is 0 Å². The van der Waals surface area contributed by atoms with E-state index in [1.807, 2.05) is 30.3 Å². The number of benzene rings is 2.